The molecule has 0 fully saturated rings. The zero-order chi connectivity index (χ0) is 21.3. The molecule has 1 N–H and O–H groups in total. The molecule has 162 valence electrons. The molecule has 1 aliphatic heterocycles. The van der Waals surface area contributed by atoms with Crippen LogP contribution in [0, 0.1) is 5.82 Å². The molecule has 1 aliphatic rings. The molecule has 4 rings (SSSR count). The summed E-state index contributed by atoms with van der Waals surface area (Å²) in [6, 6.07) is 1.23. The average Bonchev–Trinajstić information content (AvgIpc) is 3.26. The Kier molecular flexibility index (Phi) is 6.54. The Labute approximate surface area is 185 Å². The third-order valence-electron chi connectivity index (χ3n) is 5.90. The Hall–Kier alpha value is -1.79. The number of nitrogens with zero attached hydrogens (tertiary/aromatic N) is 3. The predicted molar refractivity (Wildman–Crippen MR) is 120 cm³/mol. The third-order valence-corrected chi connectivity index (χ3v) is 6.57. The molecule has 0 saturated carbocycles. The van der Waals surface area contributed by atoms with E-state index < -0.39 is 5.82 Å². The van der Waals surface area contributed by atoms with E-state index in [2.05, 4.69) is 16.9 Å². The maximum Gasteiger partial charge on any atom is 0.276 e. The van der Waals surface area contributed by atoms with Crippen molar-refractivity contribution in [3.05, 3.63) is 38.2 Å². The standard InChI is InChI=1S/C22H27Cl2FN4O/c1-2-3-4-5-6-7-10-16-26-19-14(23)13-15(25)17(20(19)27-16)18-21(24)28-11-8-9-12-29(28)22(18)30/h13H,2-12H2,1H3,(H,26,27). The van der Waals surface area contributed by atoms with E-state index >= 15 is 4.39 Å². The van der Waals surface area contributed by atoms with Gasteiger partial charge in [0.15, 0.2) is 0 Å². The van der Waals surface area contributed by atoms with E-state index in [0.29, 0.717) is 24.1 Å². The molecule has 3 heterocycles. The fourth-order valence-electron chi connectivity index (χ4n) is 4.32. The maximum atomic E-state index is 15.1. The average molecular weight is 453 g/mol. The summed E-state index contributed by atoms with van der Waals surface area (Å²) < 4.78 is 18.4. The number of hydrogen-bond acceptors (Lipinski definition) is 2. The Bertz CT molecular complexity index is 1110. The number of rotatable bonds is 8. The van der Waals surface area contributed by atoms with Crippen LogP contribution in [0.4, 0.5) is 4.39 Å². The molecule has 0 saturated heterocycles. The predicted octanol–water partition coefficient (Wildman–Crippen LogP) is 6.34. The van der Waals surface area contributed by atoms with Gasteiger partial charge in [-0.25, -0.2) is 14.1 Å². The summed E-state index contributed by atoms with van der Waals surface area (Å²) in [5, 5.41) is 0.506. The largest absolute Gasteiger partial charge is 0.341 e. The van der Waals surface area contributed by atoms with Gasteiger partial charge < -0.3 is 4.98 Å². The van der Waals surface area contributed by atoms with Crippen LogP contribution in [-0.4, -0.2) is 19.3 Å². The van der Waals surface area contributed by atoms with Crippen molar-refractivity contribution in [2.45, 2.75) is 77.8 Å². The number of H-pyrrole nitrogens is 1. The van der Waals surface area contributed by atoms with Gasteiger partial charge >= 0.3 is 0 Å². The second-order valence-corrected chi connectivity index (χ2v) is 8.83. The van der Waals surface area contributed by atoms with Crippen LogP contribution in [0.5, 0.6) is 0 Å². The van der Waals surface area contributed by atoms with Crippen molar-refractivity contribution < 1.29 is 4.39 Å². The van der Waals surface area contributed by atoms with Crippen LogP contribution >= 0.6 is 23.2 Å². The van der Waals surface area contributed by atoms with Crippen LogP contribution in [0.25, 0.3) is 22.2 Å². The highest BCUT2D eigenvalue weighted by atomic mass is 35.5. The van der Waals surface area contributed by atoms with Crippen molar-refractivity contribution in [2.75, 3.05) is 0 Å². The van der Waals surface area contributed by atoms with E-state index in [9.17, 15) is 4.79 Å². The molecule has 30 heavy (non-hydrogen) atoms. The summed E-state index contributed by atoms with van der Waals surface area (Å²) in [6.45, 7) is 3.44. The van der Waals surface area contributed by atoms with Crippen molar-refractivity contribution in [2.24, 2.45) is 0 Å². The zero-order valence-corrected chi connectivity index (χ0v) is 18.8. The van der Waals surface area contributed by atoms with Crippen molar-refractivity contribution in [1.82, 2.24) is 19.3 Å². The molecule has 3 aromatic rings. The van der Waals surface area contributed by atoms with Crippen LogP contribution in [0.1, 0.15) is 64.1 Å². The molecule has 2 aromatic heterocycles. The first kappa shape index (κ1) is 21.4. The molecule has 1 aromatic carbocycles. The zero-order valence-electron chi connectivity index (χ0n) is 17.2. The maximum absolute atomic E-state index is 15.1. The lowest BCUT2D eigenvalue weighted by atomic mass is 10.1. The normalized spacial score (nSPS) is 13.9. The fourth-order valence-corrected chi connectivity index (χ4v) is 4.90. The monoisotopic (exact) mass is 452 g/mol. The summed E-state index contributed by atoms with van der Waals surface area (Å²) in [7, 11) is 0. The van der Waals surface area contributed by atoms with Crippen LogP contribution < -0.4 is 5.56 Å². The number of unbranched alkanes of at least 4 members (excludes halogenated alkanes) is 5. The van der Waals surface area contributed by atoms with Gasteiger partial charge in [0.05, 0.1) is 21.7 Å². The van der Waals surface area contributed by atoms with Crippen LogP contribution in [0.2, 0.25) is 10.2 Å². The number of benzene rings is 1. The van der Waals surface area contributed by atoms with Crippen molar-refractivity contribution in [3.63, 3.8) is 0 Å². The van der Waals surface area contributed by atoms with Crippen LogP contribution in [0.15, 0.2) is 10.9 Å². The van der Waals surface area contributed by atoms with Gasteiger partial charge in [0, 0.05) is 19.5 Å². The van der Waals surface area contributed by atoms with E-state index in [1.807, 2.05) is 0 Å². The topological polar surface area (TPSA) is 55.6 Å². The Morgan fingerprint density at radius 1 is 1.07 bits per heavy atom. The van der Waals surface area contributed by atoms with Gasteiger partial charge in [-0.05, 0) is 25.3 Å². The van der Waals surface area contributed by atoms with Crippen molar-refractivity contribution in [3.8, 4) is 11.1 Å². The number of aryl methyl sites for hydroxylation is 1. The smallest absolute Gasteiger partial charge is 0.276 e. The first-order valence-electron chi connectivity index (χ1n) is 10.9. The van der Waals surface area contributed by atoms with Gasteiger partial charge in [0.1, 0.15) is 22.3 Å². The second kappa shape index (κ2) is 9.15. The molecule has 5 nitrogen and oxygen atoms in total. The number of imidazole rings is 1. The summed E-state index contributed by atoms with van der Waals surface area (Å²) in [5.41, 5.74) is 1.02. The molecule has 0 spiro atoms. The molecule has 0 amide bonds. The fraction of sp³-hybridized carbons (Fsp3) is 0.545. The number of aromatic amines is 1. The van der Waals surface area contributed by atoms with Crippen LogP contribution in [0.3, 0.4) is 0 Å². The molecule has 0 aliphatic carbocycles. The van der Waals surface area contributed by atoms with E-state index in [0.717, 1.165) is 37.9 Å². The molecular weight excluding hydrogens is 426 g/mol. The number of nitrogens with one attached hydrogen (secondary N) is 1. The Morgan fingerprint density at radius 3 is 2.50 bits per heavy atom. The Morgan fingerprint density at radius 2 is 1.77 bits per heavy atom. The Balaban J connectivity index is 1.70. The van der Waals surface area contributed by atoms with Gasteiger partial charge in [-0.2, -0.15) is 0 Å². The molecule has 8 heteroatoms. The highest BCUT2D eigenvalue weighted by Crippen LogP contribution is 2.37. The second-order valence-electron chi connectivity index (χ2n) is 8.06. The van der Waals surface area contributed by atoms with Crippen molar-refractivity contribution in [1.29, 1.82) is 0 Å². The molecule has 0 unspecified atom stereocenters. The van der Waals surface area contributed by atoms with E-state index in [-0.39, 0.29) is 26.9 Å². The molecule has 0 bridgehead atoms. The van der Waals surface area contributed by atoms with E-state index in [4.69, 9.17) is 23.2 Å². The first-order chi connectivity index (χ1) is 14.5. The van der Waals surface area contributed by atoms with E-state index in [1.165, 1.54) is 31.7 Å². The van der Waals surface area contributed by atoms with Gasteiger partial charge in [-0.1, -0.05) is 62.2 Å². The van der Waals surface area contributed by atoms with E-state index in [1.54, 1.807) is 9.36 Å². The number of halogens is 3. The van der Waals surface area contributed by atoms with Gasteiger partial charge in [-0.15, -0.1) is 0 Å². The molecule has 0 radical (unpaired) electrons. The highest BCUT2D eigenvalue weighted by molar-refractivity contribution is 6.36. The number of hydrogen-bond donors (Lipinski definition) is 1. The minimum atomic E-state index is -0.565. The quantitative estimate of drug-likeness (QED) is 0.405. The number of aromatic nitrogens is 4. The lowest BCUT2D eigenvalue weighted by molar-refractivity contribution is 0.356. The number of fused-ring (bicyclic) bond motifs is 2. The summed E-state index contributed by atoms with van der Waals surface area (Å²) in [6.07, 6.45) is 9.69. The summed E-state index contributed by atoms with van der Waals surface area (Å²) >= 11 is 12.8. The van der Waals surface area contributed by atoms with Crippen LogP contribution in [-0.2, 0) is 19.5 Å². The first-order valence-corrected chi connectivity index (χ1v) is 11.6. The third kappa shape index (κ3) is 3.92. The van der Waals surface area contributed by atoms with Gasteiger partial charge in [0.2, 0.25) is 0 Å². The summed E-state index contributed by atoms with van der Waals surface area (Å²) in [5.74, 6) is 0.194. The lowest BCUT2D eigenvalue weighted by Crippen LogP contribution is -2.27. The van der Waals surface area contributed by atoms with Gasteiger partial charge in [-0.3, -0.25) is 9.48 Å². The van der Waals surface area contributed by atoms with Crippen molar-refractivity contribution >= 4 is 34.2 Å². The minimum absolute atomic E-state index is 0.167. The SMILES string of the molecule is CCCCCCCCc1nc2c(Cl)cc(F)c(-c3c(Cl)n4n(c3=O)CCCC4)c2[nH]1. The summed E-state index contributed by atoms with van der Waals surface area (Å²) in [4.78, 5) is 20.9. The molecular formula is C22H27Cl2FN4O. The lowest BCUT2D eigenvalue weighted by Gasteiger charge is -2.17. The van der Waals surface area contributed by atoms with Gasteiger partial charge in [0.25, 0.3) is 5.56 Å². The molecule has 0 atom stereocenters. The minimum Gasteiger partial charge on any atom is -0.341 e. The highest BCUT2D eigenvalue weighted by Gasteiger charge is 2.27.